The van der Waals surface area contributed by atoms with Crippen molar-refractivity contribution in [3.05, 3.63) is 0 Å². The SMILES string of the molecule is CNB1CCCCB(NC)N1C. The first-order valence-electron chi connectivity index (χ1n) is 4.86. The number of nitrogens with one attached hydrogen (secondary N) is 2. The molecule has 1 aliphatic rings. The minimum Gasteiger partial charge on any atom is -0.359 e. The van der Waals surface area contributed by atoms with Gasteiger partial charge in [0.05, 0.1) is 0 Å². The molecule has 0 aliphatic carbocycles. The predicted molar refractivity (Wildman–Crippen MR) is 56.2 cm³/mol. The minimum atomic E-state index is 0.546. The van der Waals surface area contributed by atoms with Crippen molar-refractivity contribution in [3.63, 3.8) is 0 Å². The van der Waals surface area contributed by atoms with Gasteiger partial charge in [-0.05, 0) is 33.8 Å². The Labute approximate surface area is 76.5 Å². The second kappa shape index (κ2) is 4.90. The van der Waals surface area contributed by atoms with Gasteiger partial charge in [-0.3, -0.25) is 0 Å². The fourth-order valence-electron chi connectivity index (χ4n) is 2.00. The summed E-state index contributed by atoms with van der Waals surface area (Å²) in [4.78, 5) is 0. The van der Waals surface area contributed by atoms with Crippen LogP contribution in [0.5, 0.6) is 0 Å². The zero-order chi connectivity index (χ0) is 8.97. The summed E-state index contributed by atoms with van der Waals surface area (Å²) in [5, 5.41) is 6.69. The highest BCUT2D eigenvalue weighted by molar-refractivity contribution is 6.70. The lowest BCUT2D eigenvalue weighted by Crippen LogP contribution is -2.57. The normalized spacial score (nSPS) is 21.2. The molecule has 0 bridgehead atoms. The van der Waals surface area contributed by atoms with Crippen LogP contribution < -0.4 is 10.5 Å². The molecule has 0 saturated carbocycles. The smallest absolute Gasteiger partial charge is 0.297 e. The maximum atomic E-state index is 3.34. The second-order valence-corrected chi connectivity index (χ2v) is 3.56. The van der Waals surface area contributed by atoms with Gasteiger partial charge in [-0.25, -0.2) is 0 Å². The Kier molecular flexibility index (Phi) is 4.12. The summed E-state index contributed by atoms with van der Waals surface area (Å²) < 4.78 is 2.40. The lowest BCUT2D eigenvalue weighted by atomic mass is 9.59. The third kappa shape index (κ3) is 2.25. The molecule has 0 aromatic heterocycles. The lowest BCUT2D eigenvalue weighted by Gasteiger charge is -2.27. The van der Waals surface area contributed by atoms with E-state index in [9.17, 15) is 0 Å². The predicted octanol–water partition coefficient (Wildman–Crippen LogP) is 0.127. The highest BCUT2D eigenvalue weighted by Crippen LogP contribution is 2.14. The van der Waals surface area contributed by atoms with Crippen molar-refractivity contribution >= 4 is 14.0 Å². The quantitative estimate of drug-likeness (QED) is 0.572. The second-order valence-electron chi connectivity index (χ2n) is 3.56. The van der Waals surface area contributed by atoms with Gasteiger partial charge in [-0.15, -0.1) is 0 Å². The van der Waals surface area contributed by atoms with Gasteiger partial charge in [0.15, 0.2) is 0 Å². The van der Waals surface area contributed by atoms with E-state index < -0.39 is 0 Å². The Morgan fingerprint density at radius 3 is 1.75 bits per heavy atom. The fraction of sp³-hybridized carbons (Fsp3) is 1.00. The van der Waals surface area contributed by atoms with Gasteiger partial charge in [0.1, 0.15) is 0 Å². The Hall–Kier alpha value is 0.00987. The van der Waals surface area contributed by atoms with Gasteiger partial charge in [0, 0.05) is 0 Å². The monoisotopic (exact) mass is 167 g/mol. The molecule has 1 saturated heterocycles. The van der Waals surface area contributed by atoms with E-state index in [1.54, 1.807) is 0 Å². The van der Waals surface area contributed by atoms with E-state index in [2.05, 4.69) is 22.2 Å². The van der Waals surface area contributed by atoms with Gasteiger partial charge < -0.3 is 15.2 Å². The van der Waals surface area contributed by atoms with E-state index in [0.717, 1.165) is 0 Å². The molecule has 0 radical (unpaired) electrons. The van der Waals surface area contributed by atoms with Gasteiger partial charge >= 0.3 is 0 Å². The molecule has 0 amide bonds. The molecule has 0 unspecified atom stereocenters. The average Bonchev–Trinajstić information content (AvgIpc) is 2.27. The molecule has 2 N–H and O–H groups in total. The van der Waals surface area contributed by atoms with E-state index in [1.807, 2.05) is 14.1 Å². The zero-order valence-electron chi connectivity index (χ0n) is 8.43. The van der Waals surface area contributed by atoms with Gasteiger partial charge in [-0.2, -0.15) is 0 Å². The summed E-state index contributed by atoms with van der Waals surface area (Å²) in [6.07, 6.45) is 5.22. The van der Waals surface area contributed by atoms with E-state index in [-0.39, 0.29) is 0 Å². The summed E-state index contributed by atoms with van der Waals surface area (Å²) in [7, 11) is 6.27. The van der Waals surface area contributed by atoms with Crippen LogP contribution in [0, 0.1) is 0 Å². The van der Waals surface area contributed by atoms with Crippen LogP contribution in [0.25, 0.3) is 0 Å². The molecule has 1 fully saturated rings. The molecular formula is C7H19B2N3. The summed E-state index contributed by atoms with van der Waals surface area (Å²) in [6, 6.07) is 0. The Morgan fingerprint density at radius 1 is 1.00 bits per heavy atom. The molecule has 5 heteroatoms. The molecule has 68 valence electrons. The van der Waals surface area contributed by atoms with E-state index >= 15 is 0 Å². The van der Waals surface area contributed by atoms with Crippen LogP contribution in [-0.4, -0.2) is 39.8 Å². The van der Waals surface area contributed by atoms with E-state index in [4.69, 9.17) is 0 Å². The molecule has 12 heavy (non-hydrogen) atoms. The van der Waals surface area contributed by atoms with Gasteiger partial charge in [-0.1, -0.05) is 12.8 Å². The molecule has 1 heterocycles. The lowest BCUT2D eigenvalue weighted by molar-refractivity contribution is 0.740. The number of hydrogen-bond donors (Lipinski definition) is 2. The fourth-order valence-corrected chi connectivity index (χ4v) is 2.00. The van der Waals surface area contributed by atoms with Crippen LogP contribution >= 0.6 is 0 Å². The van der Waals surface area contributed by atoms with Crippen molar-refractivity contribution < 1.29 is 0 Å². The van der Waals surface area contributed by atoms with Crippen LogP contribution in [0.1, 0.15) is 12.8 Å². The topological polar surface area (TPSA) is 27.3 Å². The standard InChI is InChI=1S/C7H19B2N3/c1-10-8-6-4-5-7-9(11-2)12(8)3/h10-11H,4-7H2,1-3H3. The third-order valence-corrected chi connectivity index (χ3v) is 2.85. The molecule has 0 aromatic rings. The maximum Gasteiger partial charge on any atom is 0.297 e. The Balaban J connectivity index is 2.53. The molecule has 1 rings (SSSR count). The van der Waals surface area contributed by atoms with Crippen molar-refractivity contribution in [2.45, 2.75) is 25.5 Å². The highest BCUT2D eigenvalue weighted by atomic mass is 15.1. The van der Waals surface area contributed by atoms with Crippen LogP contribution in [-0.2, 0) is 0 Å². The van der Waals surface area contributed by atoms with Crippen molar-refractivity contribution in [2.75, 3.05) is 21.1 Å². The third-order valence-electron chi connectivity index (χ3n) is 2.85. The molecule has 0 aromatic carbocycles. The van der Waals surface area contributed by atoms with Gasteiger partial charge in [0.2, 0.25) is 0 Å². The first kappa shape index (κ1) is 10.1. The molecule has 3 nitrogen and oxygen atoms in total. The summed E-state index contributed by atoms with van der Waals surface area (Å²) in [5.41, 5.74) is 0. The van der Waals surface area contributed by atoms with Crippen molar-refractivity contribution in [2.24, 2.45) is 0 Å². The molecule has 0 atom stereocenters. The number of hydrogen-bond acceptors (Lipinski definition) is 3. The summed E-state index contributed by atoms with van der Waals surface area (Å²) >= 11 is 0. The van der Waals surface area contributed by atoms with Crippen molar-refractivity contribution in [1.29, 1.82) is 0 Å². The van der Waals surface area contributed by atoms with Crippen molar-refractivity contribution in [3.8, 4) is 0 Å². The maximum absolute atomic E-state index is 3.34. The largest absolute Gasteiger partial charge is 0.359 e. The van der Waals surface area contributed by atoms with Crippen molar-refractivity contribution in [1.82, 2.24) is 15.2 Å². The highest BCUT2D eigenvalue weighted by Gasteiger charge is 2.29. The molecular weight excluding hydrogens is 148 g/mol. The van der Waals surface area contributed by atoms with Crippen LogP contribution in [0.15, 0.2) is 0 Å². The number of nitrogens with zero attached hydrogens (tertiary/aromatic N) is 1. The van der Waals surface area contributed by atoms with E-state index in [1.165, 1.54) is 25.5 Å². The number of rotatable bonds is 2. The first-order valence-corrected chi connectivity index (χ1v) is 4.86. The Bertz CT molecular complexity index is 120. The molecule has 0 spiro atoms. The van der Waals surface area contributed by atoms with Crippen LogP contribution in [0.4, 0.5) is 0 Å². The summed E-state index contributed by atoms with van der Waals surface area (Å²) in [6.45, 7) is 1.09. The molecule has 1 aliphatic heterocycles. The zero-order valence-corrected chi connectivity index (χ0v) is 8.43. The van der Waals surface area contributed by atoms with Crippen LogP contribution in [0.2, 0.25) is 12.6 Å². The first-order chi connectivity index (χ1) is 5.79. The summed E-state index contributed by atoms with van der Waals surface area (Å²) in [5.74, 6) is 0. The van der Waals surface area contributed by atoms with Crippen LogP contribution in [0.3, 0.4) is 0 Å². The van der Waals surface area contributed by atoms with E-state index in [0.29, 0.717) is 14.0 Å². The minimum absolute atomic E-state index is 0.546. The Morgan fingerprint density at radius 2 is 1.42 bits per heavy atom. The van der Waals surface area contributed by atoms with Gasteiger partial charge in [0.25, 0.3) is 14.0 Å². The average molecular weight is 167 g/mol.